The van der Waals surface area contributed by atoms with Gasteiger partial charge in [-0.3, -0.25) is 14.9 Å². The van der Waals surface area contributed by atoms with Gasteiger partial charge in [0.15, 0.2) is 17.2 Å². The Bertz CT molecular complexity index is 1550. The van der Waals surface area contributed by atoms with Crippen LogP contribution in [0.5, 0.6) is 23.0 Å². The van der Waals surface area contributed by atoms with Crippen LogP contribution in [-0.2, 0) is 9.59 Å². The Kier molecular flexibility index (Phi) is 8.82. The topological polar surface area (TPSA) is 120 Å². The fourth-order valence-electron chi connectivity index (χ4n) is 3.78. The van der Waals surface area contributed by atoms with E-state index in [1.165, 1.54) is 63.8 Å². The zero-order chi connectivity index (χ0) is 29.1. The number of nitrogens with zero attached hydrogens (tertiary/aromatic N) is 1. The molecule has 4 amide bonds. The summed E-state index contributed by atoms with van der Waals surface area (Å²) in [6, 6.07) is 11.0. The van der Waals surface area contributed by atoms with Gasteiger partial charge in [0, 0.05) is 15.1 Å². The molecule has 40 heavy (non-hydrogen) atoms. The molecule has 206 valence electrons. The Morgan fingerprint density at radius 3 is 2.10 bits per heavy atom. The molecule has 0 bridgehead atoms. The van der Waals surface area contributed by atoms with Crippen LogP contribution in [-0.4, -0.2) is 45.1 Å². The minimum Gasteiger partial charge on any atom is -0.493 e. The lowest BCUT2D eigenvalue weighted by atomic mass is 10.1. The Morgan fingerprint density at radius 2 is 1.52 bits per heavy atom. The van der Waals surface area contributed by atoms with Gasteiger partial charge in [-0.1, -0.05) is 27.5 Å². The molecule has 1 saturated heterocycles. The van der Waals surface area contributed by atoms with Crippen molar-refractivity contribution in [2.75, 3.05) is 26.2 Å². The molecule has 1 aliphatic heterocycles. The van der Waals surface area contributed by atoms with Crippen LogP contribution >= 0.6 is 43.5 Å². The molecule has 13 heteroatoms. The van der Waals surface area contributed by atoms with E-state index in [2.05, 4.69) is 37.2 Å². The van der Waals surface area contributed by atoms with Crippen molar-refractivity contribution < 1.29 is 38.1 Å². The molecular formula is C27H19Br2ClN2O8. The number of carbonyl (C=O) groups excluding carboxylic acids is 4. The van der Waals surface area contributed by atoms with Crippen molar-refractivity contribution in [3.63, 3.8) is 0 Å². The van der Waals surface area contributed by atoms with Gasteiger partial charge in [-0.25, -0.2) is 14.5 Å². The largest absolute Gasteiger partial charge is 0.493 e. The third-order valence-corrected chi connectivity index (χ3v) is 6.92. The molecule has 1 aliphatic rings. The number of esters is 1. The van der Waals surface area contributed by atoms with Crippen LogP contribution in [0.25, 0.3) is 6.08 Å². The summed E-state index contributed by atoms with van der Waals surface area (Å²) in [7, 11) is 4.25. The van der Waals surface area contributed by atoms with Crippen LogP contribution < -0.4 is 29.2 Å². The SMILES string of the molecule is COc1cc(C(=O)Oc2c(Br)cc(Br)cc2/C=C2/C(=O)NC(=O)N(c3ccc(Cl)cc3)C2=O)cc(OC)c1OC. The molecule has 0 atom stereocenters. The molecule has 0 aliphatic carbocycles. The van der Waals surface area contributed by atoms with Gasteiger partial charge in [0.2, 0.25) is 5.75 Å². The third kappa shape index (κ3) is 5.83. The van der Waals surface area contributed by atoms with Crippen molar-refractivity contribution in [2.45, 2.75) is 0 Å². The number of halogens is 3. The molecule has 1 N–H and O–H groups in total. The first kappa shape index (κ1) is 29.1. The molecule has 0 aromatic heterocycles. The molecule has 4 rings (SSSR count). The van der Waals surface area contributed by atoms with E-state index in [9.17, 15) is 19.2 Å². The molecule has 10 nitrogen and oxygen atoms in total. The number of nitrogens with one attached hydrogen (secondary N) is 1. The third-order valence-electron chi connectivity index (χ3n) is 5.62. The number of carbonyl (C=O) groups is 4. The summed E-state index contributed by atoms with van der Waals surface area (Å²) in [5.74, 6) is -1.82. The highest BCUT2D eigenvalue weighted by atomic mass is 79.9. The molecule has 3 aromatic carbocycles. The van der Waals surface area contributed by atoms with Gasteiger partial charge in [-0.2, -0.15) is 0 Å². The lowest BCUT2D eigenvalue weighted by molar-refractivity contribution is -0.122. The highest BCUT2D eigenvalue weighted by molar-refractivity contribution is 9.11. The first-order valence-electron chi connectivity index (χ1n) is 11.3. The zero-order valence-electron chi connectivity index (χ0n) is 21.0. The fourth-order valence-corrected chi connectivity index (χ4v) is 5.25. The summed E-state index contributed by atoms with van der Waals surface area (Å²) < 4.78 is 22.5. The van der Waals surface area contributed by atoms with Gasteiger partial charge in [-0.15, -0.1) is 0 Å². The van der Waals surface area contributed by atoms with Crippen LogP contribution in [0.3, 0.4) is 0 Å². The van der Waals surface area contributed by atoms with Gasteiger partial charge in [0.1, 0.15) is 5.57 Å². The maximum Gasteiger partial charge on any atom is 0.343 e. The second kappa shape index (κ2) is 12.1. The van der Waals surface area contributed by atoms with E-state index < -0.39 is 23.8 Å². The van der Waals surface area contributed by atoms with E-state index in [-0.39, 0.29) is 39.6 Å². The molecule has 0 unspecified atom stereocenters. The van der Waals surface area contributed by atoms with Crippen LogP contribution in [0, 0.1) is 0 Å². The number of amides is 4. The average molecular weight is 695 g/mol. The molecule has 0 radical (unpaired) electrons. The first-order valence-corrected chi connectivity index (χ1v) is 13.2. The van der Waals surface area contributed by atoms with Crippen molar-refractivity contribution in [1.82, 2.24) is 5.32 Å². The van der Waals surface area contributed by atoms with Gasteiger partial charge in [-0.05, 0) is 70.5 Å². The Balaban J connectivity index is 1.75. The standard InChI is InChI=1S/C27H19Br2ClN2O8/c1-37-20-10-14(11-21(38-2)23(20)39-3)26(35)40-22-13(8-15(28)12-19(22)29)9-18-24(33)31-27(36)32(25(18)34)17-6-4-16(30)5-7-17/h4-12H,1-3H3,(H,31,33,36)/b18-9-. The van der Waals surface area contributed by atoms with Crippen LogP contribution in [0.15, 0.2) is 63.0 Å². The molecule has 0 saturated carbocycles. The van der Waals surface area contributed by atoms with Crippen LogP contribution in [0.2, 0.25) is 5.02 Å². The second-order valence-electron chi connectivity index (χ2n) is 8.04. The van der Waals surface area contributed by atoms with Crippen LogP contribution in [0.1, 0.15) is 15.9 Å². The van der Waals surface area contributed by atoms with Crippen molar-refractivity contribution in [1.29, 1.82) is 0 Å². The molecule has 1 fully saturated rings. The number of methoxy groups -OCH3 is 3. The molecule has 3 aromatic rings. The molecule has 1 heterocycles. The van der Waals surface area contributed by atoms with Gasteiger partial charge >= 0.3 is 12.0 Å². The second-order valence-corrected chi connectivity index (χ2v) is 10.3. The summed E-state index contributed by atoms with van der Waals surface area (Å²) in [6.45, 7) is 0. The van der Waals surface area contributed by atoms with Gasteiger partial charge < -0.3 is 18.9 Å². The number of imide groups is 2. The predicted molar refractivity (Wildman–Crippen MR) is 153 cm³/mol. The smallest absolute Gasteiger partial charge is 0.343 e. The van der Waals surface area contributed by atoms with Crippen molar-refractivity contribution >= 4 is 79.0 Å². The number of hydrogen-bond acceptors (Lipinski definition) is 8. The summed E-state index contributed by atoms with van der Waals surface area (Å²) >= 11 is 12.7. The number of hydrogen-bond donors (Lipinski definition) is 1. The Labute approximate surface area is 250 Å². The van der Waals surface area contributed by atoms with Crippen molar-refractivity contribution in [2.24, 2.45) is 0 Å². The summed E-state index contributed by atoms with van der Waals surface area (Å²) in [5.41, 5.74) is 0.0965. The predicted octanol–water partition coefficient (Wildman–Crippen LogP) is 5.78. The lowest BCUT2D eigenvalue weighted by Gasteiger charge is -2.26. The van der Waals surface area contributed by atoms with E-state index in [4.69, 9.17) is 30.5 Å². The number of rotatable bonds is 7. The Morgan fingerprint density at radius 1 is 0.900 bits per heavy atom. The average Bonchev–Trinajstić information content (AvgIpc) is 2.92. The fraction of sp³-hybridized carbons (Fsp3) is 0.111. The van der Waals surface area contributed by atoms with E-state index in [0.717, 1.165) is 4.90 Å². The van der Waals surface area contributed by atoms with Crippen molar-refractivity contribution in [3.05, 3.63) is 79.2 Å². The van der Waals surface area contributed by atoms with Gasteiger partial charge in [0.25, 0.3) is 11.8 Å². The molecular weight excluding hydrogens is 676 g/mol. The number of barbiturate groups is 1. The van der Waals surface area contributed by atoms with Gasteiger partial charge in [0.05, 0.1) is 37.1 Å². The van der Waals surface area contributed by atoms with E-state index in [1.807, 2.05) is 0 Å². The minimum atomic E-state index is -0.918. The monoisotopic (exact) mass is 692 g/mol. The maximum atomic E-state index is 13.3. The summed E-state index contributed by atoms with van der Waals surface area (Å²) in [6.07, 6.45) is 1.22. The summed E-state index contributed by atoms with van der Waals surface area (Å²) in [5, 5.41) is 2.55. The lowest BCUT2D eigenvalue weighted by Crippen LogP contribution is -2.54. The normalized spacial score (nSPS) is 14.2. The highest BCUT2D eigenvalue weighted by Crippen LogP contribution is 2.40. The summed E-state index contributed by atoms with van der Waals surface area (Å²) in [4.78, 5) is 52.6. The maximum absolute atomic E-state index is 13.3. The first-order chi connectivity index (χ1) is 19.1. The van der Waals surface area contributed by atoms with E-state index in [0.29, 0.717) is 19.7 Å². The zero-order valence-corrected chi connectivity index (χ0v) is 25.0. The highest BCUT2D eigenvalue weighted by Gasteiger charge is 2.37. The molecule has 0 spiro atoms. The van der Waals surface area contributed by atoms with E-state index in [1.54, 1.807) is 12.1 Å². The van der Waals surface area contributed by atoms with E-state index >= 15 is 0 Å². The number of ether oxygens (including phenoxy) is 4. The van der Waals surface area contributed by atoms with Crippen molar-refractivity contribution in [3.8, 4) is 23.0 Å². The quantitative estimate of drug-likeness (QED) is 0.143. The number of benzene rings is 3. The number of urea groups is 1. The van der Waals surface area contributed by atoms with Crippen LogP contribution in [0.4, 0.5) is 10.5 Å². The number of anilines is 1. The Hall–Kier alpha value is -3.87. The minimum absolute atomic E-state index is 0.00462.